The highest BCUT2D eigenvalue weighted by Crippen LogP contribution is 2.29. The summed E-state index contributed by atoms with van der Waals surface area (Å²) in [4.78, 5) is 11.3. The van der Waals surface area contributed by atoms with Crippen molar-refractivity contribution >= 4 is 28.9 Å². The van der Waals surface area contributed by atoms with E-state index in [0.717, 1.165) is 34.5 Å². The molecule has 1 heterocycles. The zero-order chi connectivity index (χ0) is 14.8. The Kier molecular flexibility index (Phi) is 3.92. The van der Waals surface area contributed by atoms with Crippen molar-refractivity contribution < 1.29 is 4.79 Å². The molecule has 0 amide bonds. The summed E-state index contributed by atoms with van der Waals surface area (Å²) in [6.45, 7) is 1.98. The normalized spacial score (nSPS) is 10.6. The van der Waals surface area contributed by atoms with E-state index in [1.807, 2.05) is 31.2 Å². The Morgan fingerprint density at radius 2 is 1.67 bits per heavy atom. The van der Waals surface area contributed by atoms with Gasteiger partial charge in [0.15, 0.2) is 6.29 Å². The van der Waals surface area contributed by atoms with Crippen LogP contribution in [0.5, 0.6) is 0 Å². The lowest BCUT2D eigenvalue weighted by Crippen LogP contribution is -1.99. The van der Waals surface area contributed by atoms with Crippen LogP contribution >= 0.6 is 22.6 Å². The molecule has 0 bridgehead atoms. The molecule has 0 aliphatic heterocycles. The van der Waals surface area contributed by atoms with Crippen molar-refractivity contribution in [2.24, 2.45) is 0 Å². The van der Waals surface area contributed by atoms with Gasteiger partial charge in [-0.1, -0.05) is 30.3 Å². The third kappa shape index (κ3) is 2.65. The van der Waals surface area contributed by atoms with Crippen LogP contribution < -0.4 is 0 Å². The Labute approximate surface area is 137 Å². The molecule has 0 unspecified atom stereocenters. The van der Waals surface area contributed by atoms with E-state index in [-0.39, 0.29) is 0 Å². The average molecular weight is 387 g/mol. The minimum atomic E-state index is 0.729. The van der Waals surface area contributed by atoms with Gasteiger partial charge in [-0.25, -0.2) is 0 Å². The van der Waals surface area contributed by atoms with E-state index in [9.17, 15) is 4.79 Å². The first kappa shape index (κ1) is 14.1. The zero-order valence-corrected chi connectivity index (χ0v) is 13.7. The summed E-state index contributed by atoms with van der Waals surface area (Å²) in [5.74, 6) is 0. The Hall–Kier alpha value is -1.88. The first-order chi connectivity index (χ1) is 10.2. The topological polar surface area (TPSA) is 22.0 Å². The monoisotopic (exact) mass is 387 g/mol. The van der Waals surface area contributed by atoms with E-state index in [2.05, 4.69) is 63.6 Å². The lowest BCUT2D eigenvalue weighted by molar-refractivity contribution is 0.112. The van der Waals surface area contributed by atoms with Crippen molar-refractivity contribution in [2.75, 3.05) is 0 Å². The molecular weight excluding hydrogens is 373 g/mol. The SMILES string of the molecule is Cc1c(C=O)cc(-c2ccccc2)n1-c1ccc(I)cc1. The van der Waals surface area contributed by atoms with Gasteiger partial charge in [-0.05, 0) is 65.4 Å². The third-order valence-electron chi connectivity index (χ3n) is 3.57. The molecule has 0 spiro atoms. The second-order valence-corrected chi connectivity index (χ2v) is 6.11. The number of aldehydes is 1. The minimum absolute atomic E-state index is 0.729. The van der Waals surface area contributed by atoms with Gasteiger partial charge in [-0.15, -0.1) is 0 Å². The molecule has 0 saturated carbocycles. The van der Waals surface area contributed by atoms with Gasteiger partial charge in [0.25, 0.3) is 0 Å². The van der Waals surface area contributed by atoms with E-state index in [1.165, 1.54) is 3.57 Å². The van der Waals surface area contributed by atoms with Crippen LogP contribution in [0.3, 0.4) is 0 Å². The number of halogens is 1. The molecule has 0 radical (unpaired) electrons. The van der Waals surface area contributed by atoms with Gasteiger partial charge in [0.2, 0.25) is 0 Å². The van der Waals surface area contributed by atoms with Crippen LogP contribution in [0.15, 0.2) is 60.7 Å². The molecule has 3 aromatic rings. The van der Waals surface area contributed by atoms with Gasteiger partial charge in [-0.2, -0.15) is 0 Å². The number of benzene rings is 2. The van der Waals surface area contributed by atoms with Gasteiger partial charge < -0.3 is 4.57 Å². The van der Waals surface area contributed by atoms with Crippen molar-refractivity contribution in [2.45, 2.75) is 6.92 Å². The van der Waals surface area contributed by atoms with Gasteiger partial charge in [0.05, 0.1) is 5.69 Å². The largest absolute Gasteiger partial charge is 0.313 e. The van der Waals surface area contributed by atoms with Crippen LogP contribution in [0.4, 0.5) is 0 Å². The first-order valence-corrected chi connectivity index (χ1v) is 7.77. The summed E-state index contributed by atoms with van der Waals surface area (Å²) in [7, 11) is 0. The highest BCUT2D eigenvalue weighted by molar-refractivity contribution is 14.1. The number of carbonyl (C=O) groups is 1. The summed E-state index contributed by atoms with van der Waals surface area (Å²) in [5, 5.41) is 0. The fraction of sp³-hybridized carbons (Fsp3) is 0.0556. The van der Waals surface area contributed by atoms with Crippen LogP contribution in [-0.2, 0) is 0 Å². The maximum atomic E-state index is 11.3. The van der Waals surface area contributed by atoms with Crippen LogP contribution in [-0.4, -0.2) is 10.9 Å². The predicted octanol–water partition coefficient (Wildman–Crippen LogP) is 4.87. The summed E-state index contributed by atoms with van der Waals surface area (Å²) in [6.07, 6.45) is 0.922. The summed E-state index contributed by atoms with van der Waals surface area (Å²) in [5.41, 5.74) is 4.90. The van der Waals surface area contributed by atoms with Gasteiger partial charge >= 0.3 is 0 Å². The number of nitrogens with zero attached hydrogens (tertiary/aromatic N) is 1. The fourth-order valence-corrected chi connectivity index (χ4v) is 2.85. The summed E-state index contributed by atoms with van der Waals surface area (Å²) < 4.78 is 3.33. The van der Waals surface area contributed by atoms with E-state index in [0.29, 0.717) is 0 Å². The highest BCUT2D eigenvalue weighted by atomic mass is 127. The van der Waals surface area contributed by atoms with E-state index < -0.39 is 0 Å². The van der Waals surface area contributed by atoms with Gasteiger partial charge in [0.1, 0.15) is 0 Å². The molecule has 0 fully saturated rings. The number of rotatable bonds is 3. The van der Waals surface area contributed by atoms with Crippen LogP contribution in [0.2, 0.25) is 0 Å². The molecule has 0 aliphatic carbocycles. The Bertz CT molecular complexity index is 773. The lowest BCUT2D eigenvalue weighted by atomic mass is 10.1. The van der Waals surface area contributed by atoms with Crippen molar-refractivity contribution in [3.05, 3.63) is 75.5 Å². The molecule has 0 N–H and O–H groups in total. The molecule has 21 heavy (non-hydrogen) atoms. The summed E-state index contributed by atoms with van der Waals surface area (Å²) in [6, 6.07) is 20.4. The van der Waals surface area contributed by atoms with Gasteiger partial charge in [0, 0.05) is 20.5 Å². The molecule has 2 aromatic carbocycles. The average Bonchev–Trinajstić information content (AvgIpc) is 2.86. The van der Waals surface area contributed by atoms with Crippen molar-refractivity contribution in [3.63, 3.8) is 0 Å². The molecule has 3 heteroatoms. The Balaban J connectivity index is 2.25. The molecule has 0 atom stereocenters. The Morgan fingerprint density at radius 1 is 1.00 bits per heavy atom. The minimum Gasteiger partial charge on any atom is -0.313 e. The highest BCUT2D eigenvalue weighted by Gasteiger charge is 2.14. The molecule has 104 valence electrons. The number of hydrogen-bond acceptors (Lipinski definition) is 1. The molecule has 0 saturated heterocycles. The summed E-state index contributed by atoms with van der Waals surface area (Å²) >= 11 is 2.29. The molecule has 1 aromatic heterocycles. The van der Waals surface area contributed by atoms with Crippen LogP contribution in [0.1, 0.15) is 16.1 Å². The predicted molar refractivity (Wildman–Crippen MR) is 94.0 cm³/mol. The fourth-order valence-electron chi connectivity index (χ4n) is 2.49. The number of carbonyl (C=O) groups excluding carboxylic acids is 1. The second kappa shape index (κ2) is 5.85. The van der Waals surface area contributed by atoms with Crippen molar-refractivity contribution in [1.29, 1.82) is 0 Å². The van der Waals surface area contributed by atoms with E-state index >= 15 is 0 Å². The number of aromatic nitrogens is 1. The van der Waals surface area contributed by atoms with Gasteiger partial charge in [-0.3, -0.25) is 4.79 Å². The maximum Gasteiger partial charge on any atom is 0.151 e. The maximum absolute atomic E-state index is 11.3. The van der Waals surface area contributed by atoms with E-state index in [1.54, 1.807) is 0 Å². The standard InChI is InChI=1S/C18H14INO/c1-13-15(12-21)11-18(14-5-3-2-4-6-14)20(13)17-9-7-16(19)8-10-17/h2-12H,1H3. The molecular formula is C18H14INO. The Morgan fingerprint density at radius 3 is 2.29 bits per heavy atom. The zero-order valence-electron chi connectivity index (χ0n) is 11.6. The van der Waals surface area contributed by atoms with E-state index in [4.69, 9.17) is 0 Å². The van der Waals surface area contributed by atoms with Crippen LogP contribution in [0, 0.1) is 10.5 Å². The quantitative estimate of drug-likeness (QED) is 0.464. The molecule has 3 rings (SSSR count). The van der Waals surface area contributed by atoms with Crippen molar-refractivity contribution in [1.82, 2.24) is 4.57 Å². The first-order valence-electron chi connectivity index (χ1n) is 6.69. The molecule has 2 nitrogen and oxygen atoms in total. The third-order valence-corrected chi connectivity index (χ3v) is 4.29. The molecule has 0 aliphatic rings. The van der Waals surface area contributed by atoms with Crippen molar-refractivity contribution in [3.8, 4) is 16.9 Å². The smallest absolute Gasteiger partial charge is 0.151 e. The lowest BCUT2D eigenvalue weighted by Gasteiger charge is -2.12. The number of hydrogen-bond donors (Lipinski definition) is 0. The van der Waals surface area contributed by atoms with Crippen LogP contribution in [0.25, 0.3) is 16.9 Å². The second-order valence-electron chi connectivity index (χ2n) is 4.87.